The van der Waals surface area contributed by atoms with E-state index in [2.05, 4.69) is 36.4 Å². The SMILES string of the molecule is CCC(C)(NC(=O)[C@H]1CCN[C@@H](C)C1)c1nc(C)cs1. The molecule has 1 amide bonds. The Kier molecular flexibility index (Phi) is 4.81. The van der Waals surface area contributed by atoms with Crippen LogP contribution in [-0.2, 0) is 10.3 Å². The molecule has 1 unspecified atom stereocenters. The number of hydrogen-bond acceptors (Lipinski definition) is 4. The lowest BCUT2D eigenvalue weighted by Gasteiger charge is -2.32. The van der Waals surface area contributed by atoms with E-state index in [1.165, 1.54) is 0 Å². The zero-order valence-corrected chi connectivity index (χ0v) is 13.6. The van der Waals surface area contributed by atoms with Crippen molar-refractivity contribution in [2.24, 2.45) is 5.92 Å². The van der Waals surface area contributed by atoms with E-state index in [1.807, 2.05) is 12.3 Å². The minimum Gasteiger partial charge on any atom is -0.344 e. The lowest BCUT2D eigenvalue weighted by Crippen LogP contribution is -2.49. The highest BCUT2D eigenvalue weighted by atomic mass is 32.1. The second-order valence-corrected chi connectivity index (χ2v) is 6.90. The van der Waals surface area contributed by atoms with E-state index in [4.69, 9.17) is 0 Å². The molecule has 1 aromatic rings. The molecule has 0 spiro atoms. The highest BCUT2D eigenvalue weighted by molar-refractivity contribution is 7.09. The van der Waals surface area contributed by atoms with Crippen LogP contribution in [0, 0.1) is 12.8 Å². The first kappa shape index (κ1) is 15.4. The molecule has 1 aromatic heterocycles. The summed E-state index contributed by atoms with van der Waals surface area (Å²) in [6, 6.07) is 0.425. The summed E-state index contributed by atoms with van der Waals surface area (Å²) in [6.45, 7) is 9.24. The molecule has 20 heavy (non-hydrogen) atoms. The molecule has 1 aliphatic heterocycles. The molecular formula is C15H25N3OS. The van der Waals surface area contributed by atoms with E-state index in [9.17, 15) is 4.79 Å². The second-order valence-electron chi connectivity index (χ2n) is 6.05. The van der Waals surface area contributed by atoms with Crippen molar-refractivity contribution in [2.75, 3.05) is 6.54 Å². The topological polar surface area (TPSA) is 54.0 Å². The van der Waals surface area contributed by atoms with Gasteiger partial charge in [-0.05, 0) is 46.6 Å². The Morgan fingerprint density at radius 2 is 2.40 bits per heavy atom. The third kappa shape index (κ3) is 3.38. The molecule has 1 fully saturated rings. The second kappa shape index (κ2) is 6.22. The zero-order valence-electron chi connectivity index (χ0n) is 12.8. The number of carbonyl (C=O) groups excluding carboxylic acids is 1. The molecule has 0 bridgehead atoms. The van der Waals surface area contributed by atoms with E-state index < -0.39 is 0 Å². The molecule has 0 aromatic carbocycles. The van der Waals surface area contributed by atoms with E-state index in [0.717, 1.165) is 36.5 Å². The molecule has 4 nitrogen and oxygen atoms in total. The van der Waals surface area contributed by atoms with Crippen molar-refractivity contribution in [2.45, 2.75) is 58.5 Å². The third-order valence-corrected chi connectivity index (χ3v) is 5.42. The van der Waals surface area contributed by atoms with Crippen molar-refractivity contribution in [3.05, 3.63) is 16.1 Å². The van der Waals surface area contributed by atoms with Gasteiger partial charge in [0.25, 0.3) is 0 Å². The maximum Gasteiger partial charge on any atom is 0.223 e. The van der Waals surface area contributed by atoms with E-state index in [1.54, 1.807) is 11.3 Å². The maximum absolute atomic E-state index is 12.5. The Labute approximate surface area is 125 Å². The van der Waals surface area contributed by atoms with Crippen LogP contribution in [0.15, 0.2) is 5.38 Å². The number of thiazole rings is 1. The highest BCUT2D eigenvalue weighted by Gasteiger charge is 2.33. The molecule has 1 saturated heterocycles. The van der Waals surface area contributed by atoms with Gasteiger partial charge in [0.05, 0.1) is 5.54 Å². The van der Waals surface area contributed by atoms with Crippen LogP contribution >= 0.6 is 11.3 Å². The quantitative estimate of drug-likeness (QED) is 0.897. The summed E-state index contributed by atoms with van der Waals surface area (Å²) in [7, 11) is 0. The smallest absolute Gasteiger partial charge is 0.223 e. The number of nitrogens with zero attached hydrogens (tertiary/aromatic N) is 1. The summed E-state index contributed by atoms with van der Waals surface area (Å²) in [4.78, 5) is 17.1. The van der Waals surface area contributed by atoms with Crippen molar-refractivity contribution >= 4 is 17.2 Å². The fourth-order valence-electron chi connectivity index (χ4n) is 2.64. The van der Waals surface area contributed by atoms with Crippen LogP contribution in [0.4, 0.5) is 0 Å². The van der Waals surface area contributed by atoms with Crippen molar-refractivity contribution < 1.29 is 4.79 Å². The van der Waals surface area contributed by atoms with Crippen molar-refractivity contribution in [3.8, 4) is 0 Å². The first-order chi connectivity index (χ1) is 9.44. The van der Waals surface area contributed by atoms with Gasteiger partial charge in [-0.25, -0.2) is 4.98 Å². The van der Waals surface area contributed by atoms with Gasteiger partial charge in [0.2, 0.25) is 5.91 Å². The van der Waals surface area contributed by atoms with Crippen LogP contribution in [0.1, 0.15) is 50.7 Å². The first-order valence-corrected chi connectivity index (χ1v) is 8.30. The van der Waals surface area contributed by atoms with Gasteiger partial charge in [0, 0.05) is 23.0 Å². The van der Waals surface area contributed by atoms with Gasteiger partial charge < -0.3 is 10.6 Å². The summed E-state index contributed by atoms with van der Waals surface area (Å²) in [6.07, 6.45) is 2.70. The summed E-state index contributed by atoms with van der Waals surface area (Å²) in [5, 5.41) is 9.68. The number of amides is 1. The Morgan fingerprint density at radius 1 is 1.65 bits per heavy atom. The average Bonchev–Trinajstić information content (AvgIpc) is 2.86. The Morgan fingerprint density at radius 3 is 2.95 bits per heavy atom. The lowest BCUT2D eigenvalue weighted by atomic mass is 9.90. The van der Waals surface area contributed by atoms with Gasteiger partial charge in [-0.15, -0.1) is 11.3 Å². The van der Waals surface area contributed by atoms with Crippen LogP contribution in [0.5, 0.6) is 0 Å². The predicted molar refractivity (Wildman–Crippen MR) is 82.8 cm³/mol. The summed E-state index contributed by atoms with van der Waals surface area (Å²) in [5.41, 5.74) is 0.679. The van der Waals surface area contributed by atoms with Crippen LogP contribution in [0.2, 0.25) is 0 Å². The van der Waals surface area contributed by atoms with Crippen LogP contribution in [0.3, 0.4) is 0 Å². The van der Waals surface area contributed by atoms with Crippen LogP contribution in [0.25, 0.3) is 0 Å². The Balaban J connectivity index is 2.07. The third-order valence-electron chi connectivity index (χ3n) is 4.19. The number of aromatic nitrogens is 1. The van der Waals surface area contributed by atoms with Gasteiger partial charge in [-0.2, -0.15) is 0 Å². The summed E-state index contributed by atoms with van der Waals surface area (Å²) >= 11 is 1.63. The lowest BCUT2D eigenvalue weighted by molar-refractivity contribution is -0.128. The van der Waals surface area contributed by atoms with Crippen LogP contribution < -0.4 is 10.6 Å². The van der Waals surface area contributed by atoms with Gasteiger partial charge >= 0.3 is 0 Å². The number of rotatable bonds is 4. The molecule has 0 radical (unpaired) electrons. The largest absolute Gasteiger partial charge is 0.344 e. The van der Waals surface area contributed by atoms with E-state index in [0.29, 0.717) is 6.04 Å². The highest BCUT2D eigenvalue weighted by Crippen LogP contribution is 2.29. The minimum absolute atomic E-state index is 0.123. The van der Waals surface area contributed by atoms with Gasteiger partial charge in [-0.3, -0.25) is 4.79 Å². The molecule has 2 rings (SSSR count). The van der Waals surface area contributed by atoms with Crippen LogP contribution in [-0.4, -0.2) is 23.5 Å². The van der Waals surface area contributed by atoms with Crippen molar-refractivity contribution in [1.29, 1.82) is 0 Å². The van der Waals surface area contributed by atoms with E-state index in [-0.39, 0.29) is 17.4 Å². The standard InChI is InChI=1S/C15H25N3OS/c1-5-15(4,14-17-11(3)9-20-14)18-13(19)12-6-7-16-10(2)8-12/h9-10,12,16H,5-8H2,1-4H3,(H,18,19)/t10-,12-,15?/m0/s1. The molecule has 3 atom stereocenters. The Hall–Kier alpha value is -0.940. The van der Waals surface area contributed by atoms with Gasteiger partial charge in [0.15, 0.2) is 0 Å². The molecular weight excluding hydrogens is 270 g/mol. The van der Waals surface area contributed by atoms with Gasteiger partial charge in [-0.1, -0.05) is 6.92 Å². The maximum atomic E-state index is 12.5. The fraction of sp³-hybridized carbons (Fsp3) is 0.733. The number of hydrogen-bond donors (Lipinski definition) is 2. The molecule has 2 N–H and O–H groups in total. The first-order valence-electron chi connectivity index (χ1n) is 7.42. The predicted octanol–water partition coefficient (Wildman–Crippen LogP) is 2.58. The Bertz CT molecular complexity index is 473. The molecule has 0 aliphatic carbocycles. The average molecular weight is 295 g/mol. The summed E-state index contributed by atoms with van der Waals surface area (Å²) < 4.78 is 0. The number of carbonyl (C=O) groups is 1. The van der Waals surface area contributed by atoms with Gasteiger partial charge in [0.1, 0.15) is 5.01 Å². The minimum atomic E-state index is -0.343. The fourth-order valence-corrected chi connectivity index (χ4v) is 3.63. The molecule has 112 valence electrons. The van der Waals surface area contributed by atoms with Crippen molar-refractivity contribution in [3.63, 3.8) is 0 Å². The zero-order chi connectivity index (χ0) is 14.8. The normalized spacial score (nSPS) is 26.0. The van der Waals surface area contributed by atoms with Crippen molar-refractivity contribution in [1.82, 2.24) is 15.6 Å². The number of nitrogens with one attached hydrogen (secondary N) is 2. The molecule has 1 aliphatic rings. The molecule has 5 heteroatoms. The number of aryl methyl sites for hydroxylation is 1. The summed E-state index contributed by atoms with van der Waals surface area (Å²) in [5.74, 6) is 0.300. The van der Waals surface area contributed by atoms with E-state index >= 15 is 0 Å². The molecule has 0 saturated carbocycles. The molecule has 2 heterocycles. The monoisotopic (exact) mass is 295 g/mol. The number of piperidine rings is 1.